The van der Waals surface area contributed by atoms with Crippen molar-refractivity contribution >= 4 is 23.1 Å². The van der Waals surface area contributed by atoms with Crippen LogP contribution in [0.15, 0.2) is 30.5 Å². The topological polar surface area (TPSA) is 71.3 Å². The standard InChI is InChI=1S/C19H23N5O/c1-5-18(25)22-15-7-6-12(2)17(9-15)20-10-16-11-24-14(4)8-13(3)21-19(24)23-16/h6-9,11,20H,5,10H2,1-4H3,(H,22,25). The number of carbonyl (C=O) groups is 1. The van der Waals surface area contributed by atoms with Crippen LogP contribution in [0.2, 0.25) is 0 Å². The van der Waals surface area contributed by atoms with Crippen LogP contribution < -0.4 is 10.6 Å². The fourth-order valence-corrected chi connectivity index (χ4v) is 2.73. The van der Waals surface area contributed by atoms with Crippen molar-refractivity contribution in [2.24, 2.45) is 0 Å². The number of fused-ring (bicyclic) bond motifs is 1. The molecular formula is C19H23N5O. The zero-order valence-corrected chi connectivity index (χ0v) is 15.1. The number of hydrogen-bond donors (Lipinski definition) is 2. The summed E-state index contributed by atoms with van der Waals surface area (Å²) in [6, 6.07) is 7.89. The van der Waals surface area contributed by atoms with Crippen molar-refractivity contribution in [2.75, 3.05) is 10.6 Å². The van der Waals surface area contributed by atoms with Crippen molar-refractivity contribution in [1.29, 1.82) is 0 Å². The lowest BCUT2D eigenvalue weighted by Crippen LogP contribution is -2.10. The van der Waals surface area contributed by atoms with E-state index < -0.39 is 0 Å². The molecule has 1 amide bonds. The Morgan fingerprint density at radius 2 is 1.96 bits per heavy atom. The number of nitrogens with one attached hydrogen (secondary N) is 2. The van der Waals surface area contributed by atoms with E-state index in [9.17, 15) is 4.79 Å². The molecule has 0 bridgehead atoms. The van der Waals surface area contributed by atoms with Gasteiger partial charge in [-0.3, -0.25) is 9.20 Å². The molecule has 2 N–H and O–H groups in total. The summed E-state index contributed by atoms with van der Waals surface area (Å²) in [5, 5.41) is 6.28. The lowest BCUT2D eigenvalue weighted by atomic mass is 10.1. The number of aromatic nitrogens is 3. The molecule has 0 aliphatic heterocycles. The van der Waals surface area contributed by atoms with E-state index in [1.165, 1.54) is 0 Å². The second-order valence-corrected chi connectivity index (χ2v) is 6.23. The molecule has 3 aromatic rings. The van der Waals surface area contributed by atoms with Crippen molar-refractivity contribution in [1.82, 2.24) is 14.4 Å². The molecule has 0 aliphatic carbocycles. The van der Waals surface area contributed by atoms with Crippen LogP contribution in [0, 0.1) is 20.8 Å². The van der Waals surface area contributed by atoms with Crippen LogP contribution in [-0.4, -0.2) is 20.3 Å². The third kappa shape index (κ3) is 3.79. The Bertz CT molecular complexity index is 929. The van der Waals surface area contributed by atoms with Gasteiger partial charge in [0.15, 0.2) is 0 Å². The third-order valence-electron chi connectivity index (χ3n) is 4.11. The fourth-order valence-electron chi connectivity index (χ4n) is 2.73. The molecule has 0 unspecified atom stereocenters. The van der Waals surface area contributed by atoms with Crippen molar-refractivity contribution in [3.63, 3.8) is 0 Å². The SMILES string of the molecule is CCC(=O)Nc1ccc(C)c(NCc2cn3c(C)cc(C)nc3n2)c1. The predicted molar refractivity (Wildman–Crippen MR) is 99.9 cm³/mol. The number of hydrogen-bond acceptors (Lipinski definition) is 4. The van der Waals surface area contributed by atoms with Crippen LogP contribution in [0.3, 0.4) is 0 Å². The number of amides is 1. The normalized spacial score (nSPS) is 10.9. The van der Waals surface area contributed by atoms with Crippen LogP contribution in [0.25, 0.3) is 5.78 Å². The monoisotopic (exact) mass is 337 g/mol. The molecule has 2 heterocycles. The first kappa shape index (κ1) is 17.0. The van der Waals surface area contributed by atoms with Gasteiger partial charge in [0.05, 0.1) is 12.2 Å². The van der Waals surface area contributed by atoms with Crippen LogP contribution in [0.4, 0.5) is 11.4 Å². The number of nitrogens with zero attached hydrogens (tertiary/aromatic N) is 3. The van der Waals surface area contributed by atoms with E-state index in [4.69, 9.17) is 0 Å². The Morgan fingerprint density at radius 3 is 2.72 bits per heavy atom. The van der Waals surface area contributed by atoms with Gasteiger partial charge in [0.1, 0.15) is 0 Å². The highest BCUT2D eigenvalue weighted by atomic mass is 16.1. The van der Waals surface area contributed by atoms with Gasteiger partial charge in [0.25, 0.3) is 0 Å². The molecule has 0 spiro atoms. The second kappa shape index (κ2) is 6.93. The van der Waals surface area contributed by atoms with Gasteiger partial charge in [-0.1, -0.05) is 13.0 Å². The predicted octanol–water partition coefficient (Wildman–Crippen LogP) is 3.62. The van der Waals surface area contributed by atoms with Gasteiger partial charge >= 0.3 is 0 Å². The quantitative estimate of drug-likeness (QED) is 0.746. The largest absolute Gasteiger partial charge is 0.379 e. The van der Waals surface area contributed by atoms with E-state index in [-0.39, 0.29) is 5.91 Å². The number of benzene rings is 1. The summed E-state index contributed by atoms with van der Waals surface area (Å²) < 4.78 is 1.99. The number of anilines is 2. The molecule has 3 rings (SSSR count). The lowest BCUT2D eigenvalue weighted by molar-refractivity contribution is -0.115. The van der Waals surface area contributed by atoms with Gasteiger partial charge in [0, 0.05) is 35.4 Å². The minimum absolute atomic E-state index is 0.00655. The summed E-state index contributed by atoms with van der Waals surface area (Å²) >= 11 is 0. The summed E-state index contributed by atoms with van der Waals surface area (Å²) in [5.41, 5.74) is 5.88. The summed E-state index contributed by atoms with van der Waals surface area (Å²) in [6.45, 7) is 8.48. The van der Waals surface area contributed by atoms with Crippen molar-refractivity contribution in [3.05, 3.63) is 53.1 Å². The molecule has 0 radical (unpaired) electrons. The van der Waals surface area contributed by atoms with E-state index in [2.05, 4.69) is 20.6 Å². The molecule has 6 heteroatoms. The van der Waals surface area contributed by atoms with Crippen molar-refractivity contribution in [3.8, 4) is 0 Å². The Kier molecular flexibility index (Phi) is 4.70. The lowest BCUT2D eigenvalue weighted by Gasteiger charge is -2.11. The second-order valence-electron chi connectivity index (χ2n) is 6.23. The highest BCUT2D eigenvalue weighted by Gasteiger charge is 2.07. The van der Waals surface area contributed by atoms with Gasteiger partial charge in [0.2, 0.25) is 11.7 Å². The first-order valence-corrected chi connectivity index (χ1v) is 8.43. The zero-order valence-electron chi connectivity index (χ0n) is 15.1. The molecule has 0 saturated carbocycles. The minimum atomic E-state index is 0.00655. The summed E-state index contributed by atoms with van der Waals surface area (Å²) in [6.07, 6.45) is 2.46. The Balaban J connectivity index is 1.78. The van der Waals surface area contributed by atoms with Gasteiger partial charge in [-0.25, -0.2) is 9.97 Å². The molecule has 130 valence electrons. The zero-order chi connectivity index (χ0) is 18.0. The molecule has 1 aromatic carbocycles. The van der Waals surface area contributed by atoms with Gasteiger partial charge < -0.3 is 10.6 Å². The van der Waals surface area contributed by atoms with E-state index in [1.54, 1.807) is 0 Å². The highest BCUT2D eigenvalue weighted by Crippen LogP contribution is 2.21. The van der Waals surface area contributed by atoms with E-state index >= 15 is 0 Å². The van der Waals surface area contributed by atoms with Crippen LogP contribution in [0.1, 0.15) is 36.0 Å². The average Bonchev–Trinajstić information content (AvgIpc) is 2.98. The molecule has 2 aromatic heterocycles. The minimum Gasteiger partial charge on any atom is -0.379 e. The first-order valence-electron chi connectivity index (χ1n) is 8.43. The van der Waals surface area contributed by atoms with Crippen LogP contribution in [0.5, 0.6) is 0 Å². The smallest absolute Gasteiger partial charge is 0.234 e. The third-order valence-corrected chi connectivity index (χ3v) is 4.11. The van der Waals surface area contributed by atoms with Gasteiger partial charge in [-0.05, 0) is 44.5 Å². The molecule has 6 nitrogen and oxygen atoms in total. The molecule has 0 saturated heterocycles. The van der Waals surface area contributed by atoms with E-state index in [1.807, 2.05) is 62.6 Å². The molecule has 0 aliphatic rings. The van der Waals surface area contributed by atoms with Gasteiger partial charge in [-0.15, -0.1) is 0 Å². The summed E-state index contributed by atoms with van der Waals surface area (Å²) in [7, 11) is 0. The Labute approximate surface area is 147 Å². The van der Waals surface area contributed by atoms with Crippen molar-refractivity contribution < 1.29 is 4.79 Å². The van der Waals surface area contributed by atoms with Crippen molar-refractivity contribution in [2.45, 2.75) is 40.7 Å². The summed E-state index contributed by atoms with van der Waals surface area (Å²) in [5.74, 6) is 0.724. The maximum absolute atomic E-state index is 11.6. The van der Waals surface area contributed by atoms with E-state index in [0.29, 0.717) is 13.0 Å². The number of imidazole rings is 1. The molecule has 0 atom stereocenters. The van der Waals surface area contributed by atoms with E-state index in [0.717, 1.165) is 39.8 Å². The number of aryl methyl sites for hydroxylation is 3. The fraction of sp³-hybridized carbons (Fsp3) is 0.316. The summed E-state index contributed by atoms with van der Waals surface area (Å²) in [4.78, 5) is 20.6. The van der Waals surface area contributed by atoms with Crippen LogP contribution >= 0.6 is 0 Å². The average molecular weight is 337 g/mol. The Hall–Kier alpha value is -2.89. The van der Waals surface area contributed by atoms with Gasteiger partial charge in [-0.2, -0.15) is 0 Å². The molecular weight excluding hydrogens is 314 g/mol. The number of rotatable bonds is 5. The highest BCUT2D eigenvalue weighted by molar-refractivity contribution is 5.91. The maximum atomic E-state index is 11.6. The maximum Gasteiger partial charge on any atom is 0.234 e. The number of carbonyl (C=O) groups excluding carboxylic acids is 1. The molecule has 25 heavy (non-hydrogen) atoms. The Morgan fingerprint density at radius 1 is 1.16 bits per heavy atom. The van der Waals surface area contributed by atoms with Crippen LogP contribution in [-0.2, 0) is 11.3 Å². The first-order chi connectivity index (χ1) is 12.0. The molecule has 0 fully saturated rings.